The quantitative estimate of drug-likeness (QED) is 0.0421. The van der Waals surface area contributed by atoms with Gasteiger partial charge in [0.2, 0.25) is 17.7 Å². The molecule has 0 aliphatic carbocycles. The van der Waals surface area contributed by atoms with E-state index in [2.05, 4.69) is 33.6 Å². The smallest absolute Gasteiger partial charge is 0.327 e. The molecule has 0 aromatic rings. The summed E-state index contributed by atoms with van der Waals surface area (Å²) in [6.07, 6.45) is 2.89. The van der Waals surface area contributed by atoms with Crippen molar-refractivity contribution in [3.63, 3.8) is 0 Å². The Kier molecular flexibility index (Phi) is 16.5. The molecule has 0 spiro atoms. The lowest BCUT2D eigenvalue weighted by Crippen LogP contribution is -2.58. The highest BCUT2D eigenvalue weighted by atomic mass is 32.1. The van der Waals surface area contributed by atoms with E-state index in [1.54, 1.807) is 6.92 Å². The second kappa shape index (κ2) is 17.8. The molecule has 0 fully saturated rings. The van der Waals surface area contributed by atoms with Gasteiger partial charge in [-0.1, -0.05) is 26.7 Å². The van der Waals surface area contributed by atoms with E-state index < -0.39 is 47.9 Å². The molecular weight excluding hydrogens is 476 g/mol. The second-order valence-corrected chi connectivity index (χ2v) is 8.72. The first-order valence-corrected chi connectivity index (χ1v) is 12.4. The van der Waals surface area contributed by atoms with Crippen molar-refractivity contribution in [1.29, 1.82) is 0 Å². The number of carbonyl (C=O) groups is 4. The van der Waals surface area contributed by atoms with Crippen LogP contribution in [0.5, 0.6) is 0 Å². The van der Waals surface area contributed by atoms with Crippen LogP contribution in [0.2, 0.25) is 0 Å². The fraction of sp³-hybridized carbons (Fsp3) is 0.762. The summed E-state index contributed by atoms with van der Waals surface area (Å²) >= 11 is 3.95. The van der Waals surface area contributed by atoms with Crippen molar-refractivity contribution in [2.45, 2.75) is 76.5 Å². The Morgan fingerprint density at radius 1 is 0.943 bits per heavy atom. The van der Waals surface area contributed by atoms with Gasteiger partial charge in [0, 0.05) is 12.3 Å². The van der Waals surface area contributed by atoms with E-state index in [0.717, 1.165) is 6.42 Å². The number of rotatable bonds is 18. The van der Waals surface area contributed by atoms with E-state index >= 15 is 0 Å². The van der Waals surface area contributed by atoms with E-state index in [-0.39, 0.29) is 30.6 Å². The van der Waals surface area contributed by atoms with E-state index in [1.165, 1.54) is 0 Å². The Morgan fingerprint density at radius 2 is 1.57 bits per heavy atom. The largest absolute Gasteiger partial charge is 0.480 e. The van der Waals surface area contributed by atoms with Crippen molar-refractivity contribution < 1.29 is 24.3 Å². The Bertz CT molecular complexity index is 720. The van der Waals surface area contributed by atoms with E-state index in [1.807, 2.05) is 6.92 Å². The first kappa shape index (κ1) is 32.4. The first-order valence-electron chi connectivity index (χ1n) is 11.7. The number of nitrogens with one attached hydrogen (secondary N) is 3. The molecule has 0 aliphatic rings. The van der Waals surface area contributed by atoms with Crippen LogP contribution >= 0.6 is 12.6 Å². The van der Waals surface area contributed by atoms with Crippen LogP contribution in [-0.4, -0.2) is 77.8 Å². The van der Waals surface area contributed by atoms with Gasteiger partial charge < -0.3 is 44.0 Å². The highest BCUT2D eigenvalue weighted by Gasteiger charge is 2.32. The second-order valence-electron chi connectivity index (χ2n) is 8.35. The number of carboxylic acids is 1. The minimum atomic E-state index is -1.24. The van der Waals surface area contributed by atoms with Crippen molar-refractivity contribution >= 4 is 42.3 Å². The van der Waals surface area contributed by atoms with Crippen LogP contribution in [0, 0.1) is 5.92 Å². The number of aliphatic carboxylic acids is 1. The number of carboxylic acid groups (broad SMARTS) is 1. The molecule has 0 rings (SSSR count). The molecule has 12 N–H and O–H groups in total. The summed E-state index contributed by atoms with van der Waals surface area (Å²) in [4.78, 5) is 53.7. The number of hydrogen-bond donors (Lipinski definition) is 9. The molecule has 0 radical (unpaired) electrons. The molecule has 0 saturated heterocycles. The third-order valence-electron chi connectivity index (χ3n) is 5.47. The van der Waals surface area contributed by atoms with Crippen LogP contribution in [0.1, 0.15) is 52.4 Å². The zero-order valence-electron chi connectivity index (χ0n) is 20.5. The van der Waals surface area contributed by atoms with Crippen LogP contribution in [0.15, 0.2) is 4.99 Å². The zero-order valence-corrected chi connectivity index (χ0v) is 21.4. The highest BCUT2D eigenvalue weighted by molar-refractivity contribution is 7.80. The van der Waals surface area contributed by atoms with Gasteiger partial charge in [0.15, 0.2) is 5.96 Å². The summed E-state index contributed by atoms with van der Waals surface area (Å²) in [5, 5.41) is 16.9. The lowest BCUT2D eigenvalue weighted by atomic mass is 9.97. The van der Waals surface area contributed by atoms with Crippen molar-refractivity contribution in [3.05, 3.63) is 0 Å². The third-order valence-corrected chi connectivity index (χ3v) is 5.84. The number of thiol groups is 1. The maximum Gasteiger partial charge on any atom is 0.327 e. The molecule has 35 heavy (non-hydrogen) atoms. The molecule has 0 heterocycles. The molecule has 0 saturated carbocycles. The topological polar surface area (TPSA) is 241 Å². The molecule has 0 aliphatic heterocycles. The van der Waals surface area contributed by atoms with Gasteiger partial charge >= 0.3 is 5.97 Å². The monoisotopic (exact) mass is 518 g/mol. The number of nitrogens with two attached hydrogens (primary N) is 4. The van der Waals surface area contributed by atoms with Gasteiger partial charge in [0.1, 0.15) is 18.1 Å². The van der Waals surface area contributed by atoms with E-state index in [9.17, 15) is 24.3 Å². The number of guanidine groups is 1. The average Bonchev–Trinajstić information content (AvgIpc) is 2.81. The first-order chi connectivity index (χ1) is 16.5. The van der Waals surface area contributed by atoms with Gasteiger partial charge in [-0.05, 0) is 38.1 Å². The standard InChI is InChI=1S/C21H42N8O5S/c1-3-12(2)16(19(32)28-15(11-35)20(33)34)29-18(31)14(8-6-10-26-21(24)25)27-17(30)13(23)7-4-5-9-22/h12-16,35H,3-11,22-23H2,1-2H3,(H,27,30)(H,28,32)(H,29,31)(H,33,34)(H4,24,25,26). The number of nitrogens with zero attached hydrogens (tertiary/aromatic N) is 1. The summed E-state index contributed by atoms with van der Waals surface area (Å²) in [5.41, 5.74) is 22.1. The Morgan fingerprint density at radius 3 is 2.09 bits per heavy atom. The fourth-order valence-corrected chi connectivity index (χ4v) is 3.34. The predicted molar refractivity (Wildman–Crippen MR) is 138 cm³/mol. The molecule has 13 nitrogen and oxygen atoms in total. The normalized spacial score (nSPS) is 15.1. The Labute approximate surface area is 212 Å². The van der Waals surface area contributed by atoms with Crippen molar-refractivity contribution in [3.8, 4) is 0 Å². The molecule has 0 aromatic heterocycles. The van der Waals surface area contributed by atoms with E-state index in [4.69, 9.17) is 22.9 Å². The van der Waals surface area contributed by atoms with Crippen LogP contribution in [0.25, 0.3) is 0 Å². The van der Waals surface area contributed by atoms with Gasteiger partial charge in [-0.15, -0.1) is 0 Å². The molecule has 5 unspecified atom stereocenters. The zero-order chi connectivity index (χ0) is 27.0. The maximum absolute atomic E-state index is 13.1. The molecule has 3 amide bonds. The Balaban J connectivity index is 5.51. The van der Waals surface area contributed by atoms with Gasteiger partial charge in [-0.3, -0.25) is 19.4 Å². The molecule has 14 heteroatoms. The van der Waals surface area contributed by atoms with Crippen LogP contribution in [0.4, 0.5) is 0 Å². The summed E-state index contributed by atoms with van der Waals surface area (Å²) in [5.74, 6) is -3.53. The summed E-state index contributed by atoms with van der Waals surface area (Å²) < 4.78 is 0. The lowest BCUT2D eigenvalue weighted by molar-refractivity contribution is -0.142. The number of aliphatic imine (C=N–C) groups is 1. The number of hydrogen-bond acceptors (Lipinski definition) is 8. The van der Waals surface area contributed by atoms with Crippen molar-refractivity contribution in [1.82, 2.24) is 16.0 Å². The highest BCUT2D eigenvalue weighted by Crippen LogP contribution is 2.10. The van der Waals surface area contributed by atoms with Gasteiger partial charge in [-0.2, -0.15) is 12.6 Å². The van der Waals surface area contributed by atoms with Gasteiger partial charge in [-0.25, -0.2) is 4.79 Å². The number of unbranched alkanes of at least 4 members (excludes halogenated alkanes) is 1. The van der Waals surface area contributed by atoms with Gasteiger partial charge in [0.05, 0.1) is 6.04 Å². The lowest BCUT2D eigenvalue weighted by Gasteiger charge is -2.28. The van der Waals surface area contributed by atoms with Crippen molar-refractivity contribution in [2.24, 2.45) is 33.8 Å². The van der Waals surface area contributed by atoms with Gasteiger partial charge in [0.25, 0.3) is 0 Å². The molecule has 202 valence electrons. The van der Waals surface area contributed by atoms with Crippen LogP contribution < -0.4 is 38.9 Å². The molecular formula is C21H42N8O5S. The van der Waals surface area contributed by atoms with Crippen LogP contribution in [0.3, 0.4) is 0 Å². The summed E-state index contributed by atoms with van der Waals surface area (Å²) in [6, 6.07) is -4.06. The third kappa shape index (κ3) is 13.2. The number of carbonyl (C=O) groups excluding carboxylic acids is 3. The van der Waals surface area contributed by atoms with Crippen LogP contribution in [-0.2, 0) is 19.2 Å². The molecule has 5 atom stereocenters. The average molecular weight is 519 g/mol. The minimum Gasteiger partial charge on any atom is -0.480 e. The van der Waals surface area contributed by atoms with Crippen molar-refractivity contribution in [2.75, 3.05) is 18.8 Å². The van der Waals surface area contributed by atoms with E-state index in [0.29, 0.717) is 32.2 Å². The fourth-order valence-electron chi connectivity index (χ4n) is 3.09. The summed E-state index contributed by atoms with van der Waals surface area (Å²) in [6.45, 7) is 4.31. The SMILES string of the molecule is CCC(C)C(NC(=O)C(CCCN=C(N)N)NC(=O)C(N)CCCCN)C(=O)NC(CS)C(=O)O. The maximum atomic E-state index is 13.1. The molecule has 0 bridgehead atoms. The summed E-state index contributed by atoms with van der Waals surface area (Å²) in [7, 11) is 0. The number of amides is 3. The molecule has 0 aromatic carbocycles. The predicted octanol–water partition coefficient (Wildman–Crippen LogP) is -1.99. The Hall–Kier alpha value is -2.58. The minimum absolute atomic E-state index is 0.0948.